The van der Waals surface area contributed by atoms with Crippen molar-refractivity contribution in [2.75, 3.05) is 20.3 Å². The molecule has 16 heavy (non-hydrogen) atoms. The molecule has 0 amide bonds. The van der Waals surface area contributed by atoms with E-state index in [1.807, 2.05) is 6.07 Å². The van der Waals surface area contributed by atoms with E-state index in [-0.39, 0.29) is 0 Å². The molecule has 0 saturated carbocycles. The molecule has 6 heteroatoms. The Morgan fingerprint density at radius 1 is 1.56 bits per heavy atom. The van der Waals surface area contributed by atoms with Gasteiger partial charge < -0.3 is 19.6 Å². The first-order chi connectivity index (χ1) is 7.63. The molecule has 0 fully saturated rings. The minimum absolute atomic E-state index is 0.375. The minimum Gasteiger partial charge on any atom is -0.452 e. The van der Waals surface area contributed by atoms with Gasteiger partial charge in [0.1, 0.15) is 5.76 Å². The van der Waals surface area contributed by atoms with Crippen molar-refractivity contribution in [1.29, 1.82) is 0 Å². The number of hydrogen-bond acceptors (Lipinski definition) is 4. The second-order valence-corrected chi connectivity index (χ2v) is 4.98. The van der Waals surface area contributed by atoms with E-state index in [2.05, 4.69) is 37.2 Å². The van der Waals surface area contributed by atoms with E-state index in [0.29, 0.717) is 24.2 Å². The lowest BCUT2D eigenvalue weighted by molar-refractivity contribution is 0.0593. The molecule has 0 aliphatic rings. The van der Waals surface area contributed by atoms with Crippen molar-refractivity contribution in [1.82, 2.24) is 5.32 Å². The van der Waals surface area contributed by atoms with Crippen molar-refractivity contribution in [3.8, 4) is 0 Å². The predicted octanol–water partition coefficient (Wildman–Crippen LogP) is 2.29. The molecule has 0 radical (unpaired) electrons. The van der Waals surface area contributed by atoms with Crippen molar-refractivity contribution in [2.45, 2.75) is 19.1 Å². The Balaban J connectivity index is 2.16. The van der Waals surface area contributed by atoms with Crippen LogP contribution in [0.5, 0.6) is 0 Å². The highest BCUT2D eigenvalue weighted by atomic mass is 79.9. The highest BCUT2D eigenvalue weighted by Crippen LogP contribution is 2.26. The fourth-order valence-corrected chi connectivity index (χ4v) is 1.89. The zero-order chi connectivity index (χ0) is 12.0. The Morgan fingerprint density at radius 3 is 2.88 bits per heavy atom. The zero-order valence-corrected chi connectivity index (χ0v) is 12.2. The molecule has 0 saturated heterocycles. The van der Waals surface area contributed by atoms with Gasteiger partial charge in [0.25, 0.3) is 0 Å². The summed E-state index contributed by atoms with van der Waals surface area (Å²) in [4.78, 5) is 0. The molecule has 0 spiro atoms. The van der Waals surface area contributed by atoms with Crippen LogP contribution >= 0.6 is 31.9 Å². The summed E-state index contributed by atoms with van der Waals surface area (Å²) in [6, 6.07) is 1.91. The van der Waals surface area contributed by atoms with Gasteiger partial charge in [0.05, 0.1) is 23.7 Å². The Kier molecular flexibility index (Phi) is 6.60. The molecule has 1 heterocycles. The maximum atomic E-state index is 9.39. The van der Waals surface area contributed by atoms with E-state index in [1.54, 1.807) is 7.11 Å². The third-order valence-corrected chi connectivity index (χ3v) is 3.72. The van der Waals surface area contributed by atoms with Gasteiger partial charge in [-0.15, -0.1) is 0 Å². The summed E-state index contributed by atoms with van der Waals surface area (Å²) in [7, 11) is 1.58. The van der Waals surface area contributed by atoms with Crippen LogP contribution < -0.4 is 5.32 Å². The normalized spacial score (nSPS) is 13.0. The molecule has 1 atom stereocenters. The van der Waals surface area contributed by atoms with Gasteiger partial charge in [-0.3, -0.25) is 0 Å². The number of rotatable bonds is 7. The molecular formula is C10H15Br2NO3. The van der Waals surface area contributed by atoms with Crippen LogP contribution in [-0.2, 0) is 11.3 Å². The number of nitrogens with one attached hydrogen (secondary N) is 1. The Bertz CT molecular complexity index is 298. The molecule has 2 N–H and O–H groups in total. The van der Waals surface area contributed by atoms with Gasteiger partial charge in [0.15, 0.2) is 4.67 Å². The lowest BCUT2D eigenvalue weighted by Crippen LogP contribution is -2.22. The number of methoxy groups -OCH3 is 1. The average molecular weight is 357 g/mol. The van der Waals surface area contributed by atoms with Gasteiger partial charge in [-0.05, 0) is 50.9 Å². The number of ether oxygens (including phenoxy) is 1. The third kappa shape index (κ3) is 4.97. The van der Waals surface area contributed by atoms with Gasteiger partial charge in [-0.25, -0.2) is 0 Å². The summed E-state index contributed by atoms with van der Waals surface area (Å²) in [6.45, 7) is 1.74. The first-order valence-corrected chi connectivity index (χ1v) is 6.53. The van der Waals surface area contributed by atoms with E-state index < -0.39 is 6.10 Å². The van der Waals surface area contributed by atoms with Crippen molar-refractivity contribution >= 4 is 31.9 Å². The monoisotopic (exact) mass is 355 g/mol. The largest absolute Gasteiger partial charge is 0.452 e. The lowest BCUT2D eigenvalue weighted by atomic mass is 10.2. The molecule has 1 rings (SSSR count). The summed E-state index contributed by atoms with van der Waals surface area (Å²) in [5, 5.41) is 12.6. The minimum atomic E-state index is -0.410. The van der Waals surface area contributed by atoms with E-state index in [9.17, 15) is 5.11 Å². The quantitative estimate of drug-likeness (QED) is 0.736. The zero-order valence-electron chi connectivity index (χ0n) is 9.00. The molecule has 4 nitrogen and oxygen atoms in total. The highest BCUT2D eigenvalue weighted by molar-refractivity contribution is 9.13. The molecule has 92 valence electrons. The molecule has 0 aliphatic heterocycles. The highest BCUT2D eigenvalue weighted by Gasteiger charge is 2.06. The molecular weight excluding hydrogens is 342 g/mol. The summed E-state index contributed by atoms with van der Waals surface area (Å²) in [5.74, 6) is 0.847. The van der Waals surface area contributed by atoms with Crippen LogP contribution in [0.4, 0.5) is 0 Å². The Labute approximate surface area is 112 Å². The number of aliphatic hydroxyl groups excluding tert-OH is 1. The fourth-order valence-electron chi connectivity index (χ4n) is 1.23. The van der Waals surface area contributed by atoms with Crippen LogP contribution in [0.1, 0.15) is 12.2 Å². The second kappa shape index (κ2) is 7.45. The lowest BCUT2D eigenvalue weighted by Gasteiger charge is -2.09. The molecule has 1 aromatic rings. The second-order valence-electron chi connectivity index (χ2n) is 3.41. The van der Waals surface area contributed by atoms with Crippen LogP contribution in [0.3, 0.4) is 0 Å². The summed E-state index contributed by atoms with van der Waals surface area (Å²) in [5.41, 5.74) is 0. The molecule has 0 aliphatic carbocycles. The standard InChI is InChI=1S/C10H15Br2NO3/c1-15-6-7(14)2-3-13-5-8-4-9(11)10(12)16-8/h4,7,13-14H,2-3,5-6H2,1H3. The van der Waals surface area contributed by atoms with E-state index in [1.165, 1.54) is 0 Å². The number of halogens is 2. The van der Waals surface area contributed by atoms with E-state index in [0.717, 1.165) is 16.8 Å². The number of aliphatic hydroxyl groups is 1. The van der Waals surface area contributed by atoms with Crippen molar-refractivity contribution in [2.24, 2.45) is 0 Å². The van der Waals surface area contributed by atoms with Crippen LogP contribution in [0.2, 0.25) is 0 Å². The summed E-state index contributed by atoms with van der Waals surface area (Å²) < 4.78 is 11.8. The number of hydrogen-bond donors (Lipinski definition) is 2. The van der Waals surface area contributed by atoms with Crippen LogP contribution in [0.25, 0.3) is 0 Å². The SMILES string of the molecule is COCC(O)CCNCc1cc(Br)c(Br)o1. The first kappa shape index (κ1) is 14.2. The van der Waals surface area contributed by atoms with Crippen LogP contribution in [-0.4, -0.2) is 31.5 Å². The summed E-state index contributed by atoms with van der Waals surface area (Å²) >= 11 is 6.61. The van der Waals surface area contributed by atoms with Crippen LogP contribution in [0, 0.1) is 0 Å². The maximum Gasteiger partial charge on any atom is 0.183 e. The predicted molar refractivity (Wildman–Crippen MR) is 68.3 cm³/mol. The third-order valence-electron chi connectivity index (χ3n) is 2.01. The number of furan rings is 1. The fraction of sp³-hybridized carbons (Fsp3) is 0.600. The topological polar surface area (TPSA) is 54.6 Å². The maximum absolute atomic E-state index is 9.39. The Hall–Kier alpha value is 0.120. The van der Waals surface area contributed by atoms with Crippen molar-refractivity contribution in [3.63, 3.8) is 0 Å². The van der Waals surface area contributed by atoms with Crippen molar-refractivity contribution in [3.05, 3.63) is 21.0 Å². The van der Waals surface area contributed by atoms with Crippen LogP contribution in [0.15, 0.2) is 19.6 Å². The molecule has 0 bridgehead atoms. The average Bonchev–Trinajstić information content (AvgIpc) is 2.54. The van der Waals surface area contributed by atoms with Gasteiger partial charge in [0.2, 0.25) is 0 Å². The van der Waals surface area contributed by atoms with Crippen molar-refractivity contribution < 1.29 is 14.3 Å². The van der Waals surface area contributed by atoms with E-state index >= 15 is 0 Å². The van der Waals surface area contributed by atoms with Gasteiger partial charge in [0, 0.05) is 7.11 Å². The van der Waals surface area contributed by atoms with Gasteiger partial charge >= 0.3 is 0 Å². The molecule has 0 aromatic carbocycles. The molecule has 1 aromatic heterocycles. The van der Waals surface area contributed by atoms with Gasteiger partial charge in [-0.1, -0.05) is 0 Å². The first-order valence-electron chi connectivity index (χ1n) is 4.95. The van der Waals surface area contributed by atoms with Gasteiger partial charge in [-0.2, -0.15) is 0 Å². The summed E-state index contributed by atoms with van der Waals surface area (Å²) in [6.07, 6.45) is 0.254. The molecule has 1 unspecified atom stereocenters. The smallest absolute Gasteiger partial charge is 0.183 e. The van der Waals surface area contributed by atoms with E-state index in [4.69, 9.17) is 9.15 Å². The Morgan fingerprint density at radius 2 is 2.31 bits per heavy atom.